The van der Waals surface area contributed by atoms with E-state index in [-0.39, 0.29) is 42.1 Å². The molecule has 0 aliphatic carbocycles. The Labute approximate surface area is 214 Å². The van der Waals surface area contributed by atoms with Crippen LogP contribution in [-0.2, 0) is 17.8 Å². The first-order chi connectivity index (χ1) is 15.5. The molecule has 180 valence electrons. The molecule has 2 aromatic carbocycles. The maximum absolute atomic E-state index is 12.8. The van der Waals surface area contributed by atoms with Crippen LogP contribution in [-0.4, -0.2) is 55.7 Å². The zero-order valence-corrected chi connectivity index (χ0v) is 22.2. The second kappa shape index (κ2) is 13.4. The number of hydrogen-bond donors (Lipinski definition) is 2. The van der Waals surface area contributed by atoms with E-state index in [1.54, 1.807) is 7.11 Å². The lowest BCUT2D eigenvalue weighted by Gasteiger charge is -2.35. The molecule has 33 heavy (non-hydrogen) atoms. The SMILES string of the molecule is CCNC(=NCc1cccc(OC)c1)NCc1ccc(C(=O)N2CC(C)OC(C)C2)cc1.I. The van der Waals surface area contributed by atoms with Gasteiger partial charge in [-0.1, -0.05) is 24.3 Å². The summed E-state index contributed by atoms with van der Waals surface area (Å²) < 4.78 is 11.0. The van der Waals surface area contributed by atoms with Gasteiger partial charge in [0.25, 0.3) is 5.91 Å². The molecule has 1 aliphatic heterocycles. The topological polar surface area (TPSA) is 75.2 Å². The number of ether oxygens (including phenoxy) is 2. The largest absolute Gasteiger partial charge is 0.497 e. The zero-order valence-electron chi connectivity index (χ0n) is 19.8. The zero-order chi connectivity index (χ0) is 22.9. The molecule has 2 aromatic rings. The van der Waals surface area contributed by atoms with Crippen LogP contribution < -0.4 is 15.4 Å². The molecule has 8 heteroatoms. The first kappa shape index (κ1) is 26.9. The van der Waals surface area contributed by atoms with Crippen molar-refractivity contribution >= 4 is 35.8 Å². The third-order valence-electron chi connectivity index (χ3n) is 5.27. The highest BCUT2D eigenvalue weighted by atomic mass is 127. The minimum atomic E-state index is 0. The average Bonchev–Trinajstić information content (AvgIpc) is 2.80. The summed E-state index contributed by atoms with van der Waals surface area (Å²) in [6.45, 7) is 9.24. The summed E-state index contributed by atoms with van der Waals surface area (Å²) in [6.07, 6.45) is 0.124. The molecule has 1 fully saturated rings. The normalized spacial score (nSPS) is 18.3. The molecule has 1 aliphatic rings. The molecule has 7 nitrogen and oxygen atoms in total. The van der Waals surface area contributed by atoms with Gasteiger partial charge in [-0.25, -0.2) is 4.99 Å². The van der Waals surface area contributed by atoms with Gasteiger partial charge in [0.05, 0.1) is 25.9 Å². The van der Waals surface area contributed by atoms with Gasteiger partial charge in [0.2, 0.25) is 0 Å². The summed E-state index contributed by atoms with van der Waals surface area (Å²) in [5.41, 5.74) is 2.86. The molecule has 1 saturated heterocycles. The number of nitrogens with zero attached hydrogens (tertiary/aromatic N) is 2. The maximum atomic E-state index is 12.8. The second-order valence-corrected chi connectivity index (χ2v) is 8.06. The monoisotopic (exact) mass is 566 g/mol. The van der Waals surface area contributed by atoms with Crippen LogP contribution in [0.15, 0.2) is 53.5 Å². The van der Waals surface area contributed by atoms with Crippen molar-refractivity contribution in [3.8, 4) is 5.75 Å². The molecule has 1 heterocycles. The smallest absolute Gasteiger partial charge is 0.254 e. The van der Waals surface area contributed by atoms with Crippen LogP contribution in [0.25, 0.3) is 0 Å². The van der Waals surface area contributed by atoms with Crippen LogP contribution >= 0.6 is 24.0 Å². The standard InChI is InChI=1S/C25H34N4O3.HI/c1-5-26-25(28-15-21-7-6-8-23(13-21)31-4)27-14-20-9-11-22(12-10-20)24(30)29-16-18(2)32-19(3)17-29;/h6-13,18-19H,5,14-17H2,1-4H3,(H2,26,27,28);1H. The molecule has 0 spiro atoms. The maximum Gasteiger partial charge on any atom is 0.254 e. The number of methoxy groups -OCH3 is 1. The Morgan fingerprint density at radius 3 is 2.42 bits per heavy atom. The molecule has 0 saturated carbocycles. The number of carbonyl (C=O) groups is 1. The Hall–Kier alpha value is -2.33. The molecule has 3 rings (SSSR count). The van der Waals surface area contributed by atoms with E-state index in [1.807, 2.05) is 74.2 Å². The van der Waals surface area contributed by atoms with Crippen molar-refractivity contribution in [2.24, 2.45) is 4.99 Å². The van der Waals surface area contributed by atoms with Crippen LogP contribution in [0, 0.1) is 0 Å². The van der Waals surface area contributed by atoms with Crippen molar-refractivity contribution in [1.82, 2.24) is 15.5 Å². The molecular formula is C25H35IN4O3. The number of benzene rings is 2. The van der Waals surface area contributed by atoms with Crippen molar-refractivity contribution in [1.29, 1.82) is 0 Å². The molecule has 2 atom stereocenters. The lowest BCUT2D eigenvalue weighted by Crippen LogP contribution is -2.48. The van der Waals surface area contributed by atoms with E-state index in [2.05, 4.69) is 15.6 Å². The van der Waals surface area contributed by atoms with Crippen molar-refractivity contribution in [2.75, 3.05) is 26.7 Å². The first-order valence-corrected chi connectivity index (χ1v) is 11.2. The van der Waals surface area contributed by atoms with Crippen molar-refractivity contribution in [3.63, 3.8) is 0 Å². The Bertz CT molecular complexity index is 910. The molecule has 1 amide bonds. The van der Waals surface area contributed by atoms with Gasteiger partial charge in [-0.05, 0) is 56.2 Å². The van der Waals surface area contributed by atoms with Gasteiger partial charge in [0.15, 0.2) is 5.96 Å². The Balaban J connectivity index is 0.00000385. The highest BCUT2D eigenvalue weighted by molar-refractivity contribution is 14.0. The summed E-state index contributed by atoms with van der Waals surface area (Å²) in [5.74, 6) is 1.62. The van der Waals surface area contributed by atoms with E-state index >= 15 is 0 Å². The Morgan fingerprint density at radius 2 is 1.79 bits per heavy atom. The summed E-state index contributed by atoms with van der Waals surface area (Å²) in [5, 5.41) is 6.62. The van der Waals surface area contributed by atoms with E-state index in [1.165, 1.54) is 0 Å². The molecular weight excluding hydrogens is 531 g/mol. The summed E-state index contributed by atoms with van der Waals surface area (Å²) in [6, 6.07) is 15.7. The van der Waals surface area contributed by atoms with Gasteiger partial charge in [-0.2, -0.15) is 0 Å². The quantitative estimate of drug-likeness (QED) is 0.303. The predicted octanol–water partition coefficient (Wildman–Crippen LogP) is 3.82. The number of halogens is 1. The molecule has 2 unspecified atom stereocenters. The van der Waals surface area contributed by atoms with Gasteiger partial charge in [0.1, 0.15) is 5.75 Å². The van der Waals surface area contributed by atoms with Gasteiger partial charge < -0.3 is 25.0 Å². The fraction of sp³-hybridized carbons (Fsp3) is 0.440. The number of nitrogens with one attached hydrogen (secondary N) is 2. The van der Waals surface area contributed by atoms with Crippen LogP contribution in [0.1, 0.15) is 42.3 Å². The lowest BCUT2D eigenvalue weighted by atomic mass is 10.1. The van der Waals surface area contributed by atoms with Crippen LogP contribution in [0.5, 0.6) is 5.75 Å². The second-order valence-electron chi connectivity index (χ2n) is 8.06. The van der Waals surface area contributed by atoms with E-state index in [0.29, 0.717) is 31.7 Å². The van der Waals surface area contributed by atoms with Gasteiger partial charge in [0, 0.05) is 31.7 Å². The number of carbonyl (C=O) groups excluding carboxylic acids is 1. The number of hydrogen-bond acceptors (Lipinski definition) is 4. The Morgan fingerprint density at radius 1 is 1.09 bits per heavy atom. The van der Waals surface area contributed by atoms with Crippen molar-refractivity contribution in [2.45, 2.75) is 46.1 Å². The van der Waals surface area contributed by atoms with Crippen molar-refractivity contribution < 1.29 is 14.3 Å². The van der Waals surface area contributed by atoms with E-state index in [0.717, 1.165) is 29.4 Å². The van der Waals surface area contributed by atoms with Gasteiger partial charge >= 0.3 is 0 Å². The minimum absolute atomic E-state index is 0. The highest BCUT2D eigenvalue weighted by Gasteiger charge is 2.26. The predicted molar refractivity (Wildman–Crippen MR) is 142 cm³/mol. The number of morpholine rings is 1. The summed E-state index contributed by atoms with van der Waals surface area (Å²) in [7, 11) is 1.66. The molecule has 2 N–H and O–H groups in total. The van der Waals surface area contributed by atoms with E-state index in [4.69, 9.17) is 9.47 Å². The van der Waals surface area contributed by atoms with Crippen LogP contribution in [0.3, 0.4) is 0 Å². The average molecular weight is 566 g/mol. The van der Waals surface area contributed by atoms with Crippen LogP contribution in [0.4, 0.5) is 0 Å². The molecule has 0 radical (unpaired) electrons. The van der Waals surface area contributed by atoms with Crippen molar-refractivity contribution in [3.05, 3.63) is 65.2 Å². The van der Waals surface area contributed by atoms with E-state index in [9.17, 15) is 4.79 Å². The first-order valence-electron chi connectivity index (χ1n) is 11.2. The number of amides is 1. The van der Waals surface area contributed by atoms with Crippen LogP contribution in [0.2, 0.25) is 0 Å². The summed E-state index contributed by atoms with van der Waals surface area (Å²) in [4.78, 5) is 19.4. The fourth-order valence-electron chi connectivity index (χ4n) is 3.76. The Kier molecular flexibility index (Phi) is 10.9. The fourth-order valence-corrected chi connectivity index (χ4v) is 3.76. The number of guanidine groups is 1. The lowest BCUT2D eigenvalue weighted by molar-refractivity contribution is -0.0586. The third-order valence-corrected chi connectivity index (χ3v) is 5.27. The molecule has 0 aromatic heterocycles. The van der Waals surface area contributed by atoms with E-state index < -0.39 is 0 Å². The third kappa shape index (κ3) is 8.19. The highest BCUT2D eigenvalue weighted by Crippen LogP contribution is 2.15. The van der Waals surface area contributed by atoms with Gasteiger partial charge in [-0.15, -0.1) is 24.0 Å². The number of rotatable bonds is 7. The minimum Gasteiger partial charge on any atom is -0.497 e. The number of aliphatic imine (C=N–C) groups is 1. The summed E-state index contributed by atoms with van der Waals surface area (Å²) >= 11 is 0. The molecule has 0 bridgehead atoms. The van der Waals surface area contributed by atoms with Gasteiger partial charge in [-0.3, -0.25) is 4.79 Å².